The number of likely N-dealkylation sites (tertiary alicyclic amines) is 1. The molecule has 162 valence electrons. The predicted molar refractivity (Wildman–Crippen MR) is 115 cm³/mol. The number of benzene rings is 1. The molecule has 1 aliphatic heterocycles. The van der Waals surface area contributed by atoms with Gasteiger partial charge in [-0.25, -0.2) is 0 Å². The zero-order valence-electron chi connectivity index (χ0n) is 18.2. The maximum absolute atomic E-state index is 13.4. The van der Waals surface area contributed by atoms with E-state index >= 15 is 0 Å². The minimum absolute atomic E-state index is 0.131. The predicted octanol–water partition coefficient (Wildman–Crippen LogP) is 2.55. The van der Waals surface area contributed by atoms with Crippen LogP contribution in [0.1, 0.15) is 34.6 Å². The normalized spacial score (nSPS) is 18.5. The molecule has 0 bridgehead atoms. The highest BCUT2D eigenvalue weighted by Gasteiger charge is 2.41. The van der Waals surface area contributed by atoms with E-state index in [1.807, 2.05) is 50.2 Å². The molecule has 2 aromatic rings. The van der Waals surface area contributed by atoms with E-state index in [9.17, 15) is 9.59 Å². The maximum atomic E-state index is 13.4. The Morgan fingerprint density at radius 2 is 1.93 bits per heavy atom. The quantitative estimate of drug-likeness (QED) is 0.675. The minimum Gasteiger partial charge on any atom is -0.488 e. The third kappa shape index (κ3) is 4.67. The Bertz CT molecular complexity index is 878. The summed E-state index contributed by atoms with van der Waals surface area (Å²) < 4.78 is 13.3. The van der Waals surface area contributed by atoms with Crippen molar-refractivity contribution in [2.24, 2.45) is 0 Å². The van der Waals surface area contributed by atoms with Crippen LogP contribution < -0.4 is 10.1 Å². The molecule has 2 atom stereocenters. The van der Waals surface area contributed by atoms with E-state index in [1.165, 1.54) is 0 Å². The number of amides is 2. The van der Waals surface area contributed by atoms with E-state index < -0.39 is 6.04 Å². The Kier molecular flexibility index (Phi) is 7.15. The van der Waals surface area contributed by atoms with E-state index in [0.29, 0.717) is 25.1 Å². The molecule has 7 heteroatoms. The number of para-hydroxylation sites is 1. The molecule has 0 unspecified atom stereocenters. The number of nitrogens with one attached hydrogen (secondary N) is 1. The Hall–Kier alpha value is -2.80. The third-order valence-electron chi connectivity index (χ3n) is 5.65. The van der Waals surface area contributed by atoms with Crippen molar-refractivity contribution in [2.75, 3.05) is 27.3 Å². The second-order valence-corrected chi connectivity index (χ2v) is 7.66. The van der Waals surface area contributed by atoms with Crippen LogP contribution in [-0.2, 0) is 16.1 Å². The SMILES string of the molecule is CNC(=O)[C@@H]1C[C@H](Oc2ccccc2)CN1C(=O)c1cc(C)n(CCCOC)c1C. The molecule has 7 nitrogen and oxygen atoms in total. The van der Waals surface area contributed by atoms with Crippen LogP contribution in [-0.4, -0.2) is 60.7 Å². The molecule has 1 aliphatic rings. The fourth-order valence-corrected chi connectivity index (χ4v) is 4.10. The first-order chi connectivity index (χ1) is 14.5. The molecule has 1 N–H and O–H groups in total. The third-order valence-corrected chi connectivity index (χ3v) is 5.65. The number of ether oxygens (including phenoxy) is 2. The number of rotatable bonds is 8. The molecule has 0 aliphatic carbocycles. The molecule has 1 aromatic carbocycles. The van der Waals surface area contributed by atoms with Crippen LogP contribution in [0.4, 0.5) is 0 Å². The van der Waals surface area contributed by atoms with Crippen LogP contribution in [0.25, 0.3) is 0 Å². The van der Waals surface area contributed by atoms with E-state index in [0.717, 1.165) is 30.1 Å². The Labute approximate surface area is 178 Å². The van der Waals surface area contributed by atoms with Gasteiger partial charge in [0, 0.05) is 45.1 Å². The summed E-state index contributed by atoms with van der Waals surface area (Å²) in [7, 11) is 3.28. The molecule has 3 rings (SSSR count). The average Bonchev–Trinajstić information content (AvgIpc) is 3.29. The van der Waals surface area contributed by atoms with Gasteiger partial charge in [-0.1, -0.05) is 18.2 Å². The molecular formula is C23H31N3O4. The van der Waals surface area contributed by atoms with Crippen LogP contribution in [0.15, 0.2) is 36.4 Å². The van der Waals surface area contributed by atoms with Crippen LogP contribution in [0, 0.1) is 13.8 Å². The molecule has 0 radical (unpaired) electrons. The smallest absolute Gasteiger partial charge is 0.256 e. The molecule has 0 spiro atoms. The molecular weight excluding hydrogens is 382 g/mol. The first-order valence-electron chi connectivity index (χ1n) is 10.4. The Balaban J connectivity index is 1.80. The lowest BCUT2D eigenvalue weighted by molar-refractivity contribution is -0.124. The summed E-state index contributed by atoms with van der Waals surface area (Å²) in [6.45, 7) is 5.79. The van der Waals surface area contributed by atoms with Crippen molar-refractivity contribution in [1.82, 2.24) is 14.8 Å². The molecule has 1 aromatic heterocycles. The lowest BCUT2D eigenvalue weighted by atomic mass is 10.1. The number of hydrogen-bond donors (Lipinski definition) is 1. The van der Waals surface area contributed by atoms with Gasteiger partial charge in [-0.15, -0.1) is 0 Å². The number of aryl methyl sites for hydroxylation is 1. The van der Waals surface area contributed by atoms with Crippen molar-refractivity contribution in [2.45, 2.75) is 45.4 Å². The summed E-state index contributed by atoms with van der Waals surface area (Å²) in [5, 5.41) is 2.69. The molecule has 2 amide bonds. The summed E-state index contributed by atoms with van der Waals surface area (Å²) >= 11 is 0. The van der Waals surface area contributed by atoms with Crippen LogP contribution >= 0.6 is 0 Å². The van der Waals surface area contributed by atoms with Crippen molar-refractivity contribution >= 4 is 11.8 Å². The largest absolute Gasteiger partial charge is 0.488 e. The Morgan fingerprint density at radius 1 is 1.20 bits per heavy atom. The van der Waals surface area contributed by atoms with E-state index in [4.69, 9.17) is 9.47 Å². The molecule has 1 fully saturated rings. The van der Waals surface area contributed by atoms with Crippen molar-refractivity contribution in [1.29, 1.82) is 0 Å². The van der Waals surface area contributed by atoms with Gasteiger partial charge in [0.05, 0.1) is 12.1 Å². The summed E-state index contributed by atoms with van der Waals surface area (Å²) in [5.41, 5.74) is 2.58. The van der Waals surface area contributed by atoms with Gasteiger partial charge in [0.15, 0.2) is 0 Å². The zero-order valence-corrected chi connectivity index (χ0v) is 18.2. The fraction of sp³-hybridized carbons (Fsp3) is 0.478. The number of carbonyl (C=O) groups excluding carboxylic acids is 2. The molecule has 2 heterocycles. The van der Waals surface area contributed by atoms with Gasteiger partial charge in [-0.3, -0.25) is 9.59 Å². The highest BCUT2D eigenvalue weighted by molar-refractivity contribution is 5.99. The van der Waals surface area contributed by atoms with Crippen LogP contribution in [0.2, 0.25) is 0 Å². The first kappa shape index (κ1) is 21.9. The van der Waals surface area contributed by atoms with Gasteiger partial charge in [-0.2, -0.15) is 0 Å². The summed E-state index contributed by atoms with van der Waals surface area (Å²) in [6, 6.07) is 10.9. The van der Waals surface area contributed by atoms with Crippen molar-refractivity contribution in [3.05, 3.63) is 53.3 Å². The maximum Gasteiger partial charge on any atom is 0.256 e. The van der Waals surface area contributed by atoms with Crippen LogP contribution in [0.5, 0.6) is 5.75 Å². The van der Waals surface area contributed by atoms with Crippen LogP contribution in [0.3, 0.4) is 0 Å². The van der Waals surface area contributed by atoms with E-state index in [-0.39, 0.29) is 17.9 Å². The van der Waals surface area contributed by atoms with Gasteiger partial charge >= 0.3 is 0 Å². The number of carbonyl (C=O) groups is 2. The lowest BCUT2D eigenvalue weighted by Crippen LogP contribution is -2.45. The number of aromatic nitrogens is 1. The average molecular weight is 414 g/mol. The number of nitrogens with zero attached hydrogens (tertiary/aromatic N) is 2. The standard InChI is InChI=1S/C23H31N3O4/c1-16-13-20(17(2)25(16)11-8-12-29-4)23(28)26-15-19(14-21(26)22(27)24-3)30-18-9-6-5-7-10-18/h5-7,9-10,13,19,21H,8,11-12,14-15H2,1-4H3,(H,24,27)/t19-,21-/m0/s1. The molecule has 0 saturated carbocycles. The van der Waals surface area contributed by atoms with Gasteiger partial charge in [0.2, 0.25) is 5.91 Å². The second kappa shape index (κ2) is 9.80. The number of hydrogen-bond acceptors (Lipinski definition) is 4. The van der Waals surface area contributed by atoms with Crippen molar-refractivity contribution < 1.29 is 19.1 Å². The van der Waals surface area contributed by atoms with E-state index in [2.05, 4.69) is 9.88 Å². The Morgan fingerprint density at radius 3 is 2.60 bits per heavy atom. The molecule has 30 heavy (non-hydrogen) atoms. The monoisotopic (exact) mass is 413 g/mol. The highest BCUT2D eigenvalue weighted by Crippen LogP contribution is 2.27. The van der Waals surface area contributed by atoms with Gasteiger partial charge in [0.25, 0.3) is 5.91 Å². The summed E-state index contributed by atoms with van der Waals surface area (Å²) in [5.74, 6) is 0.439. The van der Waals surface area contributed by atoms with Gasteiger partial charge in [0.1, 0.15) is 17.9 Å². The summed E-state index contributed by atoms with van der Waals surface area (Å²) in [4.78, 5) is 27.6. The highest BCUT2D eigenvalue weighted by atomic mass is 16.5. The topological polar surface area (TPSA) is 72.8 Å². The summed E-state index contributed by atoms with van der Waals surface area (Å²) in [6.07, 6.45) is 1.11. The van der Waals surface area contributed by atoms with Crippen molar-refractivity contribution in [3.8, 4) is 5.75 Å². The second-order valence-electron chi connectivity index (χ2n) is 7.66. The zero-order chi connectivity index (χ0) is 21.7. The number of likely N-dealkylation sites (N-methyl/N-ethyl adjacent to an activating group) is 1. The van der Waals surface area contributed by atoms with Crippen molar-refractivity contribution in [3.63, 3.8) is 0 Å². The lowest BCUT2D eigenvalue weighted by Gasteiger charge is -2.23. The first-order valence-corrected chi connectivity index (χ1v) is 10.4. The van der Waals surface area contributed by atoms with E-state index in [1.54, 1.807) is 19.1 Å². The van der Waals surface area contributed by atoms with Gasteiger partial charge in [-0.05, 0) is 38.5 Å². The minimum atomic E-state index is -0.548. The number of methoxy groups -OCH3 is 1. The fourth-order valence-electron chi connectivity index (χ4n) is 4.10. The molecule has 1 saturated heterocycles. The van der Waals surface area contributed by atoms with Gasteiger partial charge < -0.3 is 24.3 Å².